The third kappa shape index (κ3) is 2.79. The molecule has 0 aliphatic carbocycles. The Morgan fingerprint density at radius 1 is 1.08 bits per heavy atom. The molecule has 1 aromatic carbocycles. The van der Waals surface area contributed by atoms with Crippen molar-refractivity contribution in [3.8, 4) is 0 Å². The van der Waals surface area contributed by atoms with Gasteiger partial charge in [-0.15, -0.1) is 0 Å². The summed E-state index contributed by atoms with van der Waals surface area (Å²) in [7, 11) is -4.19. The zero-order valence-corrected chi connectivity index (χ0v) is 9.02. The van der Waals surface area contributed by atoms with Gasteiger partial charge in [0.1, 0.15) is 0 Å². The molecule has 0 radical (unpaired) electrons. The van der Waals surface area contributed by atoms with Crippen LogP contribution >= 0.6 is 0 Å². The Bertz CT molecular complexity index is 382. The fourth-order valence-corrected chi connectivity index (χ4v) is 2.10. The second-order valence-electron chi connectivity index (χ2n) is 2.26. The number of hydrogen-bond donors (Lipinski definition) is 3. The number of rotatable bonds is 2. The van der Waals surface area contributed by atoms with Crippen molar-refractivity contribution >= 4 is 29.8 Å². The van der Waals surface area contributed by atoms with Crippen molar-refractivity contribution in [1.82, 2.24) is 0 Å². The molecule has 0 bridgehead atoms. The molecule has 13 heavy (non-hydrogen) atoms. The van der Waals surface area contributed by atoms with Gasteiger partial charge in [0.15, 0.2) is 0 Å². The molecule has 0 fully saturated rings. The van der Waals surface area contributed by atoms with E-state index in [2.05, 4.69) is 0 Å². The summed E-state index contributed by atoms with van der Waals surface area (Å²) in [6.07, 6.45) is 0. The normalized spacial score (nSPS) is 12.0. The van der Waals surface area contributed by atoms with Crippen LogP contribution in [0.4, 0.5) is 0 Å². The van der Waals surface area contributed by atoms with Gasteiger partial charge in [0, 0.05) is 0 Å². The summed E-state index contributed by atoms with van der Waals surface area (Å²) in [4.78, 5) is -0.257. The molecular formula is C6H7AsO5S. The molecule has 0 aliphatic rings. The Labute approximate surface area is 80.4 Å². The summed E-state index contributed by atoms with van der Waals surface area (Å²) in [5, 5.41) is 0. The van der Waals surface area contributed by atoms with Gasteiger partial charge in [-0.25, -0.2) is 0 Å². The van der Waals surface area contributed by atoms with Crippen LogP contribution in [0.1, 0.15) is 0 Å². The summed E-state index contributed by atoms with van der Waals surface area (Å²) in [5.74, 6) is 0. The van der Waals surface area contributed by atoms with Crippen LogP contribution in [0, 0.1) is 0 Å². The second kappa shape index (κ2) is 3.77. The molecule has 0 aliphatic heterocycles. The summed E-state index contributed by atoms with van der Waals surface area (Å²) in [6, 6.07) is 4.78. The molecule has 0 saturated heterocycles. The molecule has 72 valence electrons. The Hall–Kier alpha value is -0.392. The van der Waals surface area contributed by atoms with Gasteiger partial charge in [0.25, 0.3) is 0 Å². The molecule has 0 atom stereocenters. The Balaban J connectivity index is 3.08. The number of benzene rings is 1. The van der Waals surface area contributed by atoms with Gasteiger partial charge < -0.3 is 0 Å². The van der Waals surface area contributed by atoms with Crippen LogP contribution in [0.5, 0.6) is 0 Å². The van der Waals surface area contributed by atoms with Crippen molar-refractivity contribution in [3.05, 3.63) is 24.3 Å². The average Bonchev–Trinajstić information content (AvgIpc) is 2.03. The van der Waals surface area contributed by atoms with E-state index in [0.717, 1.165) is 12.1 Å². The first-order chi connectivity index (χ1) is 5.91. The van der Waals surface area contributed by atoms with Crippen molar-refractivity contribution in [2.24, 2.45) is 0 Å². The SMILES string of the molecule is O=S(=O)(O)c1ccc([As](O)O)cc1. The molecule has 0 saturated carbocycles. The Morgan fingerprint density at radius 2 is 1.54 bits per heavy atom. The van der Waals surface area contributed by atoms with Crippen LogP contribution in [-0.4, -0.2) is 36.5 Å². The van der Waals surface area contributed by atoms with Gasteiger partial charge in [0.05, 0.1) is 0 Å². The van der Waals surface area contributed by atoms with E-state index in [4.69, 9.17) is 12.7 Å². The maximum atomic E-state index is 10.6. The van der Waals surface area contributed by atoms with Crippen LogP contribution in [0.25, 0.3) is 0 Å². The molecule has 3 N–H and O–H groups in total. The quantitative estimate of drug-likeness (QED) is 0.452. The van der Waals surface area contributed by atoms with Gasteiger partial charge in [-0.05, 0) is 0 Å². The van der Waals surface area contributed by atoms with Gasteiger partial charge in [0.2, 0.25) is 0 Å². The fraction of sp³-hybridized carbons (Fsp3) is 0. The Kier molecular flexibility index (Phi) is 3.10. The number of hydrogen-bond acceptors (Lipinski definition) is 4. The predicted octanol–water partition coefficient (Wildman–Crippen LogP) is -1.39. The topological polar surface area (TPSA) is 94.8 Å². The van der Waals surface area contributed by atoms with Crippen LogP contribution in [0.3, 0.4) is 0 Å². The molecule has 0 aromatic heterocycles. The van der Waals surface area contributed by atoms with E-state index >= 15 is 0 Å². The monoisotopic (exact) mass is 266 g/mol. The van der Waals surface area contributed by atoms with Crippen molar-refractivity contribution < 1.29 is 21.2 Å². The van der Waals surface area contributed by atoms with E-state index in [1.165, 1.54) is 12.1 Å². The summed E-state index contributed by atoms with van der Waals surface area (Å²) in [5.41, 5.74) is 0. The molecule has 7 heteroatoms. The zero-order valence-electron chi connectivity index (χ0n) is 6.32. The van der Waals surface area contributed by atoms with Gasteiger partial charge >= 0.3 is 80.1 Å². The molecule has 1 rings (SSSR count). The van der Waals surface area contributed by atoms with Crippen LogP contribution in [0.15, 0.2) is 29.2 Å². The summed E-state index contributed by atoms with van der Waals surface area (Å²) in [6.45, 7) is 0. The van der Waals surface area contributed by atoms with E-state index in [1.807, 2.05) is 0 Å². The van der Waals surface area contributed by atoms with E-state index in [0.29, 0.717) is 4.35 Å². The first-order valence-corrected chi connectivity index (χ1v) is 7.22. The molecule has 0 heterocycles. The fourth-order valence-electron chi connectivity index (χ4n) is 0.751. The summed E-state index contributed by atoms with van der Waals surface area (Å²) < 4.78 is 47.6. The van der Waals surface area contributed by atoms with Crippen LogP contribution in [0.2, 0.25) is 0 Å². The van der Waals surface area contributed by atoms with Gasteiger partial charge in [-0.2, -0.15) is 0 Å². The molecular weight excluding hydrogens is 259 g/mol. The zero-order chi connectivity index (χ0) is 10.1. The van der Waals surface area contributed by atoms with Crippen molar-refractivity contribution in [2.45, 2.75) is 4.90 Å². The first kappa shape index (κ1) is 10.7. The van der Waals surface area contributed by atoms with Crippen molar-refractivity contribution in [2.75, 3.05) is 0 Å². The summed E-state index contributed by atoms with van der Waals surface area (Å²) >= 11 is -2.94. The average molecular weight is 266 g/mol. The van der Waals surface area contributed by atoms with Crippen molar-refractivity contribution in [1.29, 1.82) is 0 Å². The standard InChI is InChI=1S/C6H7AsO5S/c8-7(9)5-1-3-6(4-2-5)13(10,11)12/h1-4,8-9H,(H,10,11,12). The molecule has 1 aromatic rings. The van der Waals surface area contributed by atoms with Gasteiger partial charge in [-0.1, -0.05) is 0 Å². The molecule has 0 amide bonds. The van der Waals surface area contributed by atoms with Crippen molar-refractivity contribution in [3.63, 3.8) is 0 Å². The van der Waals surface area contributed by atoms with E-state index in [1.54, 1.807) is 0 Å². The molecule has 0 spiro atoms. The molecule has 5 nitrogen and oxygen atoms in total. The van der Waals surface area contributed by atoms with Crippen LogP contribution < -0.4 is 4.35 Å². The predicted molar refractivity (Wildman–Crippen MR) is 46.1 cm³/mol. The minimum absolute atomic E-state index is 0.257. The first-order valence-electron chi connectivity index (χ1n) is 3.17. The van der Waals surface area contributed by atoms with E-state index < -0.39 is 25.5 Å². The maximum absolute atomic E-state index is 10.6. The third-order valence-electron chi connectivity index (χ3n) is 1.37. The van der Waals surface area contributed by atoms with E-state index in [9.17, 15) is 8.42 Å². The third-order valence-corrected chi connectivity index (χ3v) is 3.83. The second-order valence-corrected chi connectivity index (χ2v) is 5.98. The van der Waals surface area contributed by atoms with E-state index in [-0.39, 0.29) is 4.90 Å². The van der Waals surface area contributed by atoms with Gasteiger partial charge in [-0.3, -0.25) is 0 Å². The molecule has 0 unspecified atom stereocenters. The minimum atomic E-state index is -4.19. The van der Waals surface area contributed by atoms with Crippen LogP contribution in [-0.2, 0) is 10.1 Å². The Morgan fingerprint density at radius 3 is 1.85 bits per heavy atom.